The van der Waals surface area contributed by atoms with Crippen LogP contribution in [0.5, 0.6) is 0 Å². The number of anilines is 1. The molecule has 20 heavy (non-hydrogen) atoms. The normalized spacial score (nSPS) is 28.2. The third-order valence-electron chi connectivity index (χ3n) is 5.42. The van der Waals surface area contributed by atoms with Crippen molar-refractivity contribution in [1.29, 1.82) is 0 Å². The van der Waals surface area contributed by atoms with Crippen LogP contribution < -0.4 is 5.32 Å². The summed E-state index contributed by atoms with van der Waals surface area (Å²) in [5, 5.41) is 3.83. The Bertz CT molecular complexity index is 423. The number of nitrogens with zero attached hydrogens (tertiary/aromatic N) is 1. The summed E-state index contributed by atoms with van der Waals surface area (Å²) in [6.07, 6.45) is 14.8. The lowest BCUT2D eigenvalue weighted by atomic mass is 9.71. The maximum atomic E-state index is 4.42. The molecule has 2 heteroatoms. The van der Waals surface area contributed by atoms with E-state index < -0.39 is 0 Å². The van der Waals surface area contributed by atoms with Crippen LogP contribution in [0, 0.1) is 18.8 Å². The Hall–Kier alpha value is -1.05. The first-order valence-electron chi connectivity index (χ1n) is 8.53. The van der Waals surface area contributed by atoms with Crippen LogP contribution >= 0.6 is 0 Å². The molecule has 0 aromatic carbocycles. The topological polar surface area (TPSA) is 24.9 Å². The number of hydrogen-bond acceptors (Lipinski definition) is 2. The van der Waals surface area contributed by atoms with Crippen molar-refractivity contribution in [1.82, 2.24) is 4.98 Å². The monoisotopic (exact) mass is 272 g/mol. The van der Waals surface area contributed by atoms with E-state index in [-0.39, 0.29) is 0 Å². The predicted octanol–water partition coefficient (Wildman–Crippen LogP) is 4.94. The summed E-state index contributed by atoms with van der Waals surface area (Å²) in [4.78, 5) is 4.42. The molecule has 1 N–H and O–H groups in total. The Balaban J connectivity index is 1.70. The molecule has 1 aromatic heterocycles. The van der Waals surface area contributed by atoms with E-state index in [1.807, 2.05) is 12.3 Å². The van der Waals surface area contributed by atoms with Gasteiger partial charge in [-0.2, -0.15) is 0 Å². The zero-order valence-electron chi connectivity index (χ0n) is 12.8. The molecule has 2 nitrogen and oxygen atoms in total. The van der Waals surface area contributed by atoms with Gasteiger partial charge >= 0.3 is 0 Å². The molecule has 1 aromatic rings. The van der Waals surface area contributed by atoms with Gasteiger partial charge in [0.05, 0.1) is 11.4 Å². The van der Waals surface area contributed by atoms with Crippen molar-refractivity contribution in [3.8, 4) is 0 Å². The maximum absolute atomic E-state index is 4.42. The molecule has 2 aliphatic carbocycles. The molecule has 2 fully saturated rings. The second kappa shape index (κ2) is 6.60. The number of hydrogen-bond donors (Lipinski definition) is 1. The van der Waals surface area contributed by atoms with E-state index in [4.69, 9.17) is 0 Å². The van der Waals surface area contributed by atoms with Gasteiger partial charge in [0.1, 0.15) is 0 Å². The molecule has 0 aliphatic heterocycles. The molecular formula is C18H28N2. The molecule has 0 radical (unpaired) electrons. The maximum Gasteiger partial charge on any atom is 0.0603 e. The van der Waals surface area contributed by atoms with Crippen LogP contribution in [-0.4, -0.2) is 11.0 Å². The van der Waals surface area contributed by atoms with Crippen LogP contribution in [0.4, 0.5) is 5.69 Å². The second-order valence-corrected chi connectivity index (χ2v) is 6.73. The highest BCUT2D eigenvalue weighted by Gasteiger charge is 2.32. The van der Waals surface area contributed by atoms with Crippen LogP contribution in [0.15, 0.2) is 18.3 Å². The highest BCUT2D eigenvalue weighted by Crippen LogP contribution is 2.39. The van der Waals surface area contributed by atoms with Crippen LogP contribution in [0.1, 0.15) is 63.5 Å². The molecule has 3 rings (SSSR count). The number of nitrogens with one attached hydrogen (secondary N) is 1. The lowest BCUT2D eigenvalue weighted by molar-refractivity contribution is 0.180. The fourth-order valence-corrected chi connectivity index (χ4v) is 4.30. The average Bonchev–Trinajstić information content (AvgIpc) is 2.51. The Labute approximate surface area is 123 Å². The van der Waals surface area contributed by atoms with Crippen molar-refractivity contribution in [2.45, 2.75) is 70.8 Å². The summed E-state index contributed by atoms with van der Waals surface area (Å²) in [6.45, 7) is 2.11. The molecule has 2 aliphatic rings. The van der Waals surface area contributed by atoms with Crippen LogP contribution in [0.3, 0.4) is 0 Å². The molecule has 0 bridgehead atoms. The van der Waals surface area contributed by atoms with E-state index in [0.29, 0.717) is 6.04 Å². The quantitative estimate of drug-likeness (QED) is 0.843. The molecule has 2 saturated carbocycles. The first kappa shape index (κ1) is 13.9. The minimum absolute atomic E-state index is 0.676. The second-order valence-electron chi connectivity index (χ2n) is 6.73. The van der Waals surface area contributed by atoms with Crippen LogP contribution in [0.2, 0.25) is 0 Å². The van der Waals surface area contributed by atoms with E-state index in [0.717, 1.165) is 17.5 Å². The molecule has 0 amide bonds. The zero-order valence-corrected chi connectivity index (χ0v) is 12.8. The molecule has 2 unspecified atom stereocenters. The molecule has 1 heterocycles. The molecular weight excluding hydrogens is 244 g/mol. The van der Waals surface area contributed by atoms with Gasteiger partial charge in [0.2, 0.25) is 0 Å². The van der Waals surface area contributed by atoms with Gasteiger partial charge in [-0.1, -0.05) is 44.9 Å². The zero-order chi connectivity index (χ0) is 13.8. The van der Waals surface area contributed by atoms with Gasteiger partial charge in [-0.05, 0) is 43.7 Å². The Morgan fingerprint density at radius 2 is 1.75 bits per heavy atom. The fourth-order valence-electron chi connectivity index (χ4n) is 4.30. The minimum atomic E-state index is 0.676. The summed E-state index contributed by atoms with van der Waals surface area (Å²) in [6, 6.07) is 4.91. The molecule has 0 spiro atoms. The summed E-state index contributed by atoms with van der Waals surface area (Å²) >= 11 is 0. The third kappa shape index (κ3) is 3.16. The lowest BCUT2D eigenvalue weighted by Crippen LogP contribution is -2.37. The molecule has 0 saturated heterocycles. The van der Waals surface area contributed by atoms with Gasteiger partial charge in [0.15, 0.2) is 0 Å². The largest absolute Gasteiger partial charge is 0.381 e. The van der Waals surface area contributed by atoms with Crippen molar-refractivity contribution in [3.05, 3.63) is 24.0 Å². The SMILES string of the molecule is Cc1ncccc1NC1CCCCC1C1CCCCC1. The number of aromatic nitrogens is 1. The molecule has 110 valence electrons. The van der Waals surface area contributed by atoms with Crippen molar-refractivity contribution in [3.63, 3.8) is 0 Å². The van der Waals surface area contributed by atoms with Crippen molar-refractivity contribution < 1.29 is 0 Å². The van der Waals surface area contributed by atoms with Crippen molar-refractivity contribution >= 4 is 5.69 Å². The summed E-state index contributed by atoms with van der Waals surface area (Å²) in [5.41, 5.74) is 2.39. The first-order chi connectivity index (χ1) is 9.84. The number of aryl methyl sites for hydroxylation is 1. The van der Waals surface area contributed by atoms with Gasteiger partial charge in [-0.3, -0.25) is 4.98 Å². The van der Waals surface area contributed by atoms with Gasteiger partial charge in [0.25, 0.3) is 0 Å². The Kier molecular flexibility index (Phi) is 4.59. The summed E-state index contributed by atoms with van der Waals surface area (Å²) < 4.78 is 0. The van der Waals surface area contributed by atoms with E-state index in [2.05, 4.69) is 23.3 Å². The van der Waals surface area contributed by atoms with Crippen LogP contribution in [0.25, 0.3) is 0 Å². The van der Waals surface area contributed by atoms with E-state index in [1.54, 1.807) is 0 Å². The smallest absolute Gasteiger partial charge is 0.0603 e. The summed E-state index contributed by atoms with van der Waals surface area (Å²) in [5.74, 6) is 1.86. The highest BCUT2D eigenvalue weighted by atomic mass is 14.9. The van der Waals surface area contributed by atoms with Crippen molar-refractivity contribution in [2.24, 2.45) is 11.8 Å². The van der Waals surface area contributed by atoms with Gasteiger partial charge in [-0.25, -0.2) is 0 Å². The Morgan fingerprint density at radius 3 is 2.55 bits per heavy atom. The van der Waals surface area contributed by atoms with Gasteiger partial charge < -0.3 is 5.32 Å². The predicted molar refractivity (Wildman–Crippen MR) is 84.9 cm³/mol. The van der Waals surface area contributed by atoms with E-state index in [9.17, 15) is 0 Å². The molecule has 2 atom stereocenters. The van der Waals surface area contributed by atoms with Crippen LogP contribution in [-0.2, 0) is 0 Å². The average molecular weight is 272 g/mol. The van der Waals surface area contributed by atoms with Gasteiger partial charge in [-0.15, -0.1) is 0 Å². The third-order valence-corrected chi connectivity index (χ3v) is 5.42. The van der Waals surface area contributed by atoms with Gasteiger partial charge in [0, 0.05) is 12.2 Å². The van der Waals surface area contributed by atoms with E-state index >= 15 is 0 Å². The number of rotatable bonds is 3. The fraction of sp³-hybridized carbons (Fsp3) is 0.722. The van der Waals surface area contributed by atoms with E-state index in [1.165, 1.54) is 63.5 Å². The number of pyridine rings is 1. The lowest BCUT2D eigenvalue weighted by Gasteiger charge is -2.40. The van der Waals surface area contributed by atoms with Crippen molar-refractivity contribution in [2.75, 3.05) is 5.32 Å². The standard InChI is InChI=1S/C18H28N2/c1-14-17(12-7-13-19-14)20-18-11-6-5-10-16(18)15-8-3-2-4-9-15/h7,12-13,15-16,18,20H,2-6,8-11H2,1H3. The Morgan fingerprint density at radius 1 is 1.00 bits per heavy atom. The summed E-state index contributed by atoms with van der Waals surface area (Å²) in [7, 11) is 0. The highest BCUT2D eigenvalue weighted by molar-refractivity contribution is 5.47. The first-order valence-corrected chi connectivity index (χ1v) is 8.53. The minimum Gasteiger partial charge on any atom is -0.381 e.